The van der Waals surface area contributed by atoms with Crippen molar-refractivity contribution in [2.75, 3.05) is 7.11 Å². The molecule has 1 heterocycles. The van der Waals surface area contributed by atoms with Crippen LogP contribution in [0.4, 0.5) is 13.2 Å². The van der Waals surface area contributed by atoms with Gasteiger partial charge in [0.25, 0.3) is 0 Å². The van der Waals surface area contributed by atoms with Crippen LogP contribution in [0.15, 0.2) is 60.9 Å². The van der Waals surface area contributed by atoms with E-state index in [1.165, 1.54) is 22.5 Å². The van der Waals surface area contributed by atoms with Crippen molar-refractivity contribution in [2.45, 2.75) is 38.9 Å². The molecule has 3 aromatic rings. The minimum atomic E-state index is -5.08. The first-order valence-electron chi connectivity index (χ1n) is 9.75. The number of hydrogen-bond donors (Lipinski definition) is 1. The number of para-hydroxylation sites is 1. The van der Waals surface area contributed by atoms with Crippen molar-refractivity contribution in [3.63, 3.8) is 0 Å². The van der Waals surface area contributed by atoms with Crippen LogP contribution in [0, 0.1) is 0 Å². The highest BCUT2D eigenvalue weighted by Crippen LogP contribution is 2.20. The molecule has 1 aromatic heterocycles. The van der Waals surface area contributed by atoms with Crippen LogP contribution in [0.5, 0.6) is 5.75 Å². The van der Waals surface area contributed by atoms with Gasteiger partial charge in [-0.1, -0.05) is 55.5 Å². The molecule has 1 N–H and O–H groups in total. The van der Waals surface area contributed by atoms with Gasteiger partial charge in [0.05, 0.1) is 19.1 Å². The van der Waals surface area contributed by atoms with Gasteiger partial charge in [-0.2, -0.15) is 13.2 Å². The van der Waals surface area contributed by atoms with E-state index in [1.54, 1.807) is 7.11 Å². The summed E-state index contributed by atoms with van der Waals surface area (Å²) in [7, 11) is 1.73. The molecule has 0 aliphatic heterocycles. The molecule has 2 aromatic carbocycles. The summed E-state index contributed by atoms with van der Waals surface area (Å²) in [5.74, 6) is -1.80. The lowest BCUT2D eigenvalue weighted by molar-refractivity contribution is -0.192. The summed E-state index contributed by atoms with van der Waals surface area (Å²) in [5.41, 5.74) is 5.06. The van der Waals surface area contributed by atoms with E-state index >= 15 is 0 Å². The van der Waals surface area contributed by atoms with Gasteiger partial charge in [0.2, 0.25) is 0 Å². The molecular formula is C23H25F3N2O3. The Morgan fingerprint density at radius 2 is 1.71 bits per heavy atom. The molecule has 0 unspecified atom stereocenters. The number of carboxylic acids is 1. The number of halogens is 3. The number of aromatic nitrogens is 2. The average molecular weight is 434 g/mol. The number of rotatable bonds is 7. The van der Waals surface area contributed by atoms with Crippen LogP contribution in [-0.2, 0) is 30.6 Å². The predicted octanol–water partition coefficient (Wildman–Crippen LogP) is 4.92. The third-order valence-corrected chi connectivity index (χ3v) is 4.64. The second-order valence-electron chi connectivity index (χ2n) is 6.71. The van der Waals surface area contributed by atoms with Crippen LogP contribution in [0.3, 0.4) is 0 Å². The van der Waals surface area contributed by atoms with Crippen molar-refractivity contribution in [3.8, 4) is 5.75 Å². The number of benzene rings is 2. The number of carbonyl (C=O) groups is 1. The van der Waals surface area contributed by atoms with Crippen molar-refractivity contribution in [1.82, 2.24) is 9.55 Å². The van der Waals surface area contributed by atoms with Crippen LogP contribution in [0.1, 0.15) is 29.4 Å². The number of imidazole rings is 1. The van der Waals surface area contributed by atoms with Gasteiger partial charge in [0.1, 0.15) is 5.75 Å². The summed E-state index contributed by atoms with van der Waals surface area (Å²) in [6, 6.07) is 18.8. The molecule has 0 bridgehead atoms. The lowest BCUT2D eigenvalue weighted by Crippen LogP contribution is -2.21. The summed E-state index contributed by atoms with van der Waals surface area (Å²) in [4.78, 5) is 13.6. The first-order valence-corrected chi connectivity index (χ1v) is 9.75. The number of aryl methyl sites for hydroxylation is 2. The monoisotopic (exact) mass is 434 g/mol. The number of ether oxygens (including phenoxy) is 1. The first-order chi connectivity index (χ1) is 14.8. The minimum Gasteiger partial charge on any atom is -0.496 e. The maximum absolute atomic E-state index is 10.6. The molecule has 0 aliphatic rings. The molecular weight excluding hydrogens is 409 g/mol. The van der Waals surface area contributed by atoms with Gasteiger partial charge >= 0.3 is 12.1 Å². The smallest absolute Gasteiger partial charge is 0.490 e. The first kappa shape index (κ1) is 24.0. The fourth-order valence-corrected chi connectivity index (χ4v) is 3.14. The lowest BCUT2D eigenvalue weighted by Gasteiger charge is -2.11. The third-order valence-electron chi connectivity index (χ3n) is 4.64. The molecule has 0 saturated carbocycles. The van der Waals surface area contributed by atoms with Crippen LogP contribution < -0.4 is 4.74 Å². The largest absolute Gasteiger partial charge is 0.496 e. The SMILES string of the molecule is CCc1c(Cc2ccccc2)ncn1CCc1ccccc1OC.O=C(O)C(F)(F)F. The quantitative estimate of drug-likeness (QED) is 0.573. The highest BCUT2D eigenvalue weighted by Gasteiger charge is 2.38. The second-order valence-corrected chi connectivity index (χ2v) is 6.71. The lowest BCUT2D eigenvalue weighted by atomic mass is 10.1. The molecule has 0 aliphatic carbocycles. The molecule has 166 valence electrons. The highest BCUT2D eigenvalue weighted by atomic mass is 19.4. The van der Waals surface area contributed by atoms with E-state index in [9.17, 15) is 13.2 Å². The second kappa shape index (κ2) is 11.2. The van der Waals surface area contributed by atoms with Gasteiger partial charge in [0, 0.05) is 18.7 Å². The third kappa shape index (κ3) is 7.16. The Morgan fingerprint density at radius 3 is 2.29 bits per heavy atom. The fraction of sp³-hybridized carbons (Fsp3) is 0.304. The summed E-state index contributed by atoms with van der Waals surface area (Å²) < 4.78 is 39.5. The van der Waals surface area contributed by atoms with Crippen LogP contribution in [0.2, 0.25) is 0 Å². The van der Waals surface area contributed by atoms with Crippen molar-refractivity contribution < 1.29 is 27.8 Å². The average Bonchev–Trinajstić information content (AvgIpc) is 3.14. The number of aliphatic carboxylic acids is 1. The molecule has 8 heteroatoms. The van der Waals surface area contributed by atoms with E-state index in [4.69, 9.17) is 14.6 Å². The van der Waals surface area contributed by atoms with Gasteiger partial charge in [-0.25, -0.2) is 9.78 Å². The molecule has 0 amide bonds. The van der Waals surface area contributed by atoms with Crippen LogP contribution >= 0.6 is 0 Å². The van der Waals surface area contributed by atoms with E-state index in [0.717, 1.165) is 31.6 Å². The van der Waals surface area contributed by atoms with Crippen molar-refractivity contribution >= 4 is 5.97 Å². The van der Waals surface area contributed by atoms with E-state index in [-0.39, 0.29) is 0 Å². The molecule has 0 spiro atoms. The maximum atomic E-state index is 10.6. The van der Waals surface area contributed by atoms with E-state index in [2.05, 4.69) is 58.9 Å². The summed E-state index contributed by atoms with van der Waals surface area (Å²) in [6.07, 6.45) is -0.273. The molecule has 0 fully saturated rings. The fourth-order valence-electron chi connectivity index (χ4n) is 3.14. The Bertz CT molecular complexity index is 970. The Morgan fingerprint density at radius 1 is 1.10 bits per heavy atom. The summed E-state index contributed by atoms with van der Waals surface area (Å²) in [6.45, 7) is 3.12. The molecule has 0 radical (unpaired) electrons. The standard InChI is InChI=1S/C21H24N2O.C2HF3O2/c1-3-20-19(15-17-9-5-4-6-10-17)22-16-23(20)14-13-18-11-7-8-12-21(18)24-2;3-2(4,5)1(6)7/h4-12,16H,3,13-15H2,1-2H3;(H,6,7). The summed E-state index contributed by atoms with van der Waals surface area (Å²) >= 11 is 0. The topological polar surface area (TPSA) is 64.4 Å². The highest BCUT2D eigenvalue weighted by molar-refractivity contribution is 5.73. The molecule has 0 atom stereocenters. The number of methoxy groups -OCH3 is 1. The van der Waals surface area contributed by atoms with Crippen molar-refractivity contribution in [2.24, 2.45) is 0 Å². The van der Waals surface area contributed by atoms with Gasteiger partial charge in [-0.15, -0.1) is 0 Å². The van der Waals surface area contributed by atoms with Crippen molar-refractivity contribution in [1.29, 1.82) is 0 Å². The number of carboxylic acid groups (broad SMARTS) is 1. The summed E-state index contributed by atoms with van der Waals surface area (Å²) in [5, 5.41) is 7.12. The Labute approximate surface area is 179 Å². The number of hydrogen-bond acceptors (Lipinski definition) is 3. The van der Waals surface area contributed by atoms with E-state index in [0.29, 0.717) is 0 Å². The molecule has 31 heavy (non-hydrogen) atoms. The van der Waals surface area contributed by atoms with Crippen LogP contribution in [0.25, 0.3) is 0 Å². The Hall–Kier alpha value is -3.29. The van der Waals surface area contributed by atoms with Gasteiger partial charge in [-0.05, 0) is 30.0 Å². The minimum absolute atomic E-state index is 0.895. The zero-order chi connectivity index (χ0) is 22.9. The van der Waals surface area contributed by atoms with Crippen LogP contribution in [-0.4, -0.2) is 33.9 Å². The molecule has 0 saturated heterocycles. The normalized spacial score (nSPS) is 10.9. The molecule has 3 rings (SSSR count). The number of alkyl halides is 3. The zero-order valence-corrected chi connectivity index (χ0v) is 17.4. The molecule has 5 nitrogen and oxygen atoms in total. The Kier molecular flexibility index (Phi) is 8.66. The van der Waals surface area contributed by atoms with E-state index in [1.807, 2.05) is 18.5 Å². The Balaban J connectivity index is 0.000000423. The van der Waals surface area contributed by atoms with E-state index < -0.39 is 12.1 Å². The maximum Gasteiger partial charge on any atom is 0.490 e. The van der Waals surface area contributed by atoms with Gasteiger partial charge in [0.15, 0.2) is 0 Å². The number of nitrogens with zero attached hydrogens (tertiary/aromatic N) is 2. The zero-order valence-electron chi connectivity index (χ0n) is 17.4. The van der Waals surface area contributed by atoms with Gasteiger partial charge in [-0.3, -0.25) is 0 Å². The van der Waals surface area contributed by atoms with Crippen molar-refractivity contribution in [3.05, 3.63) is 83.4 Å². The van der Waals surface area contributed by atoms with Gasteiger partial charge < -0.3 is 14.4 Å². The predicted molar refractivity (Wildman–Crippen MR) is 111 cm³/mol.